The van der Waals surface area contributed by atoms with Crippen LogP contribution >= 0.6 is 0 Å². The molecular formula is C10H18. The molecule has 0 saturated heterocycles. The first kappa shape index (κ1) is 9.48. The van der Waals surface area contributed by atoms with Gasteiger partial charge in [-0.3, -0.25) is 0 Å². The van der Waals surface area contributed by atoms with Crippen molar-refractivity contribution in [3.8, 4) is 0 Å². The van der Waals surface area contributed by atoms with E-state index < -0.39 is 0 Å². The van der Waals surface area contributed by atoms with Crippen LogP contribution in [0.3, 0.4) is 0 Å². The van der Waals surface area contributed by atoms with Crippen LogP contribution in [0, 0.1) is 0 Å². The summed E-state index contributed by atoms with van der Waals surface area (Å²) < 4.78 is 0. The van der Waals surface area contributed by atoms with E-state index in [0.717, 1.165) is 6.42 Å². The van der Waals surface area contributed by atoms with E-state index in [0.29, 0.717) is 0 Å². The van der Waals surface area contributed by atoms with Crippen molar-refractivity contribution in [2.45, 2.75) is 40.0 Å². The molecule has 0 rings (SSSR count). The Morgan fingerprint density at radius 2 is 2.00 bits per heavy atom. The van der Waals surface area contributed by atoms with Gasteiger partial charge in [-0.2, -0.15) is 0 Å². The topological polar surface area (TPSA) is 0 Å². The Morgan fingerprint density at radius 1 is 1.30 bits per heavy atom. The first-order chi connectivity index (χ1) is 4.81. The number of hydrogen-bond donors (Lipinski definition) is 0. The van der Waals surface area contributed by atoms with Crippen molar-refractivity contribution in [1.29, 1.82) is 0 Å². The average molecular weight is 138 g/mol. The summed E-state index contributed by atoms with van der Waals surface area (Å²) in [7, 11) is 0. The third-order valence-corrected chi connectivity index (χ3v) is 1.40. The van der Waals surface area contributed by atoms with Gasteiger partial charge in [0.15, 0.2) is 0 Å². The zero-order chi connectivity index (χ0) is 7.82. The van der Waals surface area contributed by atoms with E-state index in [1.54, 1.807) is 0 Å². The molecular weight excluding hydrogens is 120 g/mol. The van der Waals surface area contributed by atoms with E-state index in [2.05, 4.69) is 39.0 Å². The maximum Gasteiger partial charge on any atom is -0.0323 e. The fourth-order valence-electron chi connectivity index (χ4n) is 0.846. The van der Waals surface area contributed by atoms with Crippen LogP contribution in [0.1, 0.15) is 40.0 Å². The lowest BCUT2D eigenvalue weighted by Gasteiger charge is -1.92. The van der Waals surface area contributed by atoms with Gasteiger partial charge in [-0.25, -0.2) is 0 Å². The van der Waals surface area contributed by atoms with Crippen molar-refractivity contribution in [1.82, 2.24) is 0 Å². The zero-order valence-corrected chi connectivity index (χ0v) is 7.35. The highest BCUT2D eigenvalue weighted by Gasteiger charge is 1.81. The fraction of sp³-hybridized carbons (Fsp3) is 0.600. The summed E-state index contributed by atoms with van der Waals surface area (Å²) in [6.45, 7) is 6.55. The summed E-state index contributed by atoms with van der Waals surface area (Å²) >= 11 is 0. The van der Waals surface area contributed by atoms with Gasteiger partial charge in [-0.05, 0) is 19.8 Å². The first-order valence-electron chi connectivity index (χ1n) is 4.13. The highest BCUT2D eigenvalue weighted by atomic mass is 13.9. The van der Waals surface area contributed by atoms with Crippen LogP contribution in [0.25, 0.3) is 0 Å². The number of rotatable bonds is 4. The largest absolute Gasteiger partial charge is 0.0848 e. The molecule has 0 aliphatic rings. The van der Waals surface area contributed by atoms with Crippen molar-refractivity contribution in [2.75, 3.05) is 0 Å². The fourth-order valence-corrected chi connectivity index (χ4v) is 0.846. The normalized spacial score (nSPS) is 12.9. The molecule has 10 heavy (non-hydrogen) atoms. The minimum Gasteiger partial charge on any atom is -0.0848 e. The average Bonchev–Trinajstić information content (AvgIpc) is 1.89. The van der Waals surface area contributed by atoms with Gasteiger partial charge in [0, 0.05) is 0 Å². The third-order valence-electron chi connectivity index (χ3n) is 1.40. The van der Waals surface area contributed by atoms with Crippen LogP contribution in [-0.4, -0.2) is 0 Å². The molecule has 0 heteroatoms. The molecule has 0 atom stereocenters. The van der Waals surface area contributed by atoms with Crippen LogP contribution in [0.5, 0.6) is 0 Å². The van der Waals surface area contributed by atoms with Crippen molar-refractivity contribution < 1.29 is 0 Å². The molecule has 0 radical (unpaired) electrons. The molecule has 58 valence electrons. The van der Waals surface area contributed by atoms with Crippen molar-refractivity contribution >= 4 is 0 Å². The lowest BCUT2D eigenvalue weighted by molar-refractivity contribution is 0.905. The quantitative estimate of drug-likeness (QED) is 0.520. The molecule has 0 saturated carbocycles. The van der Waals surface area contributed by atoms with Crippen LogP contribution in [0.15, 0.2) is 23.8 Å². The van der Waals surface area contributed by atoms with Gasteiger partial charge in [0.25, 0.3) is 0 Å². The van der Waals surface area contributed by atoms with Crippen LogP contribution < -0.4 is 0 Å². The maximum atomic E-state index is 2.21. The summed E-state index contributed by atoms with van der Waals surface area (Å²) in [6.07, 6.45) is 10.1. The molecule has 0 nitrogen and oxygen atoms in total. The van der Waals surface area contributed by atoms with Gasteiger partial charge >= 0.3 is 0 Å². The van der Waals surface area contributed by atoms with Gasteiger partial charge in [0.05, 0.1) is 0 Å². The summed E-state index contributed by atoms with van der Waals surface area (Å²) in [5.41, 5.74) is 1.48. The maximum absolute atomic E-state index is 2.21. The monoisotopic (exact) mass is 138 g/mol. The Hall–Kier alpha value is -0.520. The van der Waals surface area contributed by atoms with Crippen LogP contribution in [0.2, 0.25) is 0 Å². The molecule has 0 heterocycles. The van der Waals surface area contributed by atoms with E-state index in [1.165, 1.54) is 18.4 Å². The van der Waals surface area contributed by atoms with E-state index in [-0.39, 0.29) is 0 Å². The van der Waals surface area contributed by atoms with Gasteiger partial charge in [0.1, 0.15) is 0 Å². The smallest absolute Gasteiger partial charge is 0.0323 e. The standard InChI is InChI=1S/C10H18/c1-4-6-7-9-10(3)8-5-2/h6-7,9H,4-5,8H2,1-3H3/b7-6-,10-9-. The Labute approximate surface area is 64.6 Å². The molecule has 0 amide bonds. The van der Waals surface area contributed by atoms with Gasteiger partial charge < -0.3 is 0 Å². The molecule has 0 spiro atoms. The highest BCUT2D eigenvalue weighted by Crippen LogP contribution is 2.02. The minimum atomic E-state index is 1.13. The van der Waals surface area contributed by atoms with E-state index in [1.807, 2.05) is 0 Å². The highest BCUT2D eigenvalue weighted by molar-refractivity contribution is 5.09. The Balaban J connectivity index is 3.56. The van der Waals surface area contributed by atoms with Crippen LogP contribution in [0.4, 0.5) is 0 Å². The zero-order valence-electron chi connectivity index (χ0n) is 7.35. The molecule has 0 unspecified atom stereocenters. The lowest BCUT2D eigenvalue weighted by Crippen LogP contribution is -1.72. The van der Waals surface area contributed by atoms with Gasteiger partial charge in [-0.1, -0.05) is 44.1 Å². The molecule has 0 aromatic carbocycles. The van der Waals surface area contributed by atoms with Crippen molar-refractivity contribution in [3.05, 3.63) is 23.8 Å². The summed E-state index contributed by atoms with van der Waals surface area (Å²) in [4.78, 5) is 0. The minimum absolute atomic E-state index is 1.13. The van der Waals surface area contributed by atoms with Gasteiger partial charge in [0.2, 0.25) is 0 Å². The molecule has 0 aliphatic heterocycles. The Morgan fingerprint density at radius 3 is 2.50 bits per heavy atom. The van der Waals surface area contributed by atoms with E-state index in [4.69, 9.17) is 0 Å². The summed E-state index contributed by atoms with van der Waals surface area (Å²) in [5.74, 6) is 0. The first-order valence-corrected chi connectivity index (χ1v) is 4.13. The van der Waals surface area contributed by atoms with E-state index in [9.17, 15) is 0 Å². The van der Waals surface area contributed by atoms with Crippen LogP contribution in [-0.2, 0) is 0 Å². The number of hydrogen-bond acceptors (Lipinski definition) is 0. The molecule has 0 fully saturated rings. The molecule has 0 N–H and O–H groups in total. The second kappa shape index (κ2) is 6.60. The number of allylic oxidation sites excluding steroid dienone is 4. The Bertz CT molecular complexity index is 118. The SMILES string of the molecule is CC/C=C\C=C(\C)CCC. The predicted octanol–water partition coefficient (Wildman–Crippen LogP) is 3.70. The predicted molar refractivity (Wildman–Crippen MR) is 48.1 cm³/mol. The van der Waals surface area contributed by atoms with E-state index >= 15 is 0 Å². The molecule has 0 aliphatic carbocycles. The second-order valence-electron chi connectivity index (χ2n) is 2.60. The third kappa shape index (κ3) is 5.61. The second-order valence-corrected chi connectivity index (χ2v) is 2.60. The lowest BCUT2D eigenvalue weighted by atomic mass is 10.1. The van der Waals surface area contributed by atoms with Crippen molar-refractivity contribution in [3.63, 3.8) is 0 Å². The molecule has 0 bridgehead atoms. The molecule has 0 aromatic heterocycles. The summed E-state index contributed by atoms with van der Waals surface area (Å²) in [6, 6.07) is 0. The summed E-state index contributed by atoms with van der Waals surface area (Å²) in [5, 5.41) is 0. The Kier molecular flexibility index (Phi) is 6.25. The van der Waals surface area contributed by atoms with Crippen molar-refractivity contribution in [2.24, 2.45) is 0 Å². The molecule has 0 aromatic rings. The van der Waals surface area contributed by atoms with Gasteiger partial charge in [-0.15, -0.1) is 0 Å².